The molecule has 0 fully saturated rings. The van der Waals surface area contributed by atoms with Crippen molar-refractivity contribution in [2.75, 3.05) is 0 Å². The fraction of sp³-hybridized carbons (Fsp3) is 0.333. The van der Waals surface area contributed by atoms with Gasteiger partial charge in [0.2, 0.25) is 0 Å². The molecule has 1 aliphatic rings. The molecule has 1 unspecified atom stereocenters. The van der Waals surface area contributed by atoms with Crippen LogP contribution in [0.2, 0.25) is 0 Å². The van der Waals surface area contributed by atoms with E-state index in [-0.39, 0.29) is 0 Å². The van der Waals surface area contributed by atoms with Crippen molar-refractivity contribution in [1.82, 2.24) is 0 Å². The molecule has 0 aromatic heterocycles. The molecule has 0 heterocycles. The Morgan fingerprint density at radius 2 is 2.00 bits per heavy atom. The second kappa shape index (κ2) is 4.48. The van der Waals surface area contributed by atoms with E-state index in [1.165, 1.54) is 23.1 Å². The third-order valence-corrected chi connectivity index (χ3v) is 3.02. The predicted molar refractivity (Wildman–Crippen MR) is 66.9 cm³/mol. The summed E-state index contributed by atoms with van der Waals surface area (Å²) in [6, 6.07) is 8.69. The monoisotopic (exact) mass is 198 g/mol. The molecule has 0 N–H and O–H groups in total. The molecule has 2 rings (SSSR count). The molecule has 78 valence electrons. The minimum Gasteiger partial charge on any atom is -0.0836 e. The van der Waals surface area contributed by atoms with Crippen molar-refractivity contribution >= 4 is 6.08 Å². The Kier molecular flexibility index (Phi) is 3.05. The van der Waals surface area contributed by atoms with Gasteiger partial charge in [-0.3, -0.25) is 0 Å². The van der Waals surface area contributed by atoms with Gasteiger partial charge in [0, 0.05) is 0 Å². The van der Waals surface area contributed by atoms with Crippen LogP contribution in [-0.4, -0.2) is 0 Å². The SMILES string of the molecule is C/C1=C\C(C)c2ccccc2/C=C/CC1. The largest absolute Gasteiger partial charge is 0.0836 e. The molecular weight excluding hydrogens is 180 g/mol. The zero-order valence-electron chi connectivity index (χ0n) is 9.53. The molecule has 0 nitrogen and oxygen atoms in total. The van der Waals surface area contributed by atoms with Crippen molar-refractivity contribution in [2.45, 2.75) is 32.6 Å². The molecule has 1 aliphatic carbocycles. The lowest BCUT2D eigenvalue weighted by Gasteiger charge is -2.11. The van der Waals surface area contributed by atoms with Crippen molar-refractivity contribution in [3.8, 4) is 0 Å². The molecular formula is C15H18. The van der Waals surface area contributed by atoms with Gasteiger partial charge in [0.15, 0.2) is 0 Å². The zero-order valence-corrected chi connectivity index (χ0v) is 9.53. The van der Waals surface area contributed by atoms with E-state index in [2.05, 4.69) is 56.3 Å². The molecule has 1 aromatic carbocycles. The first-order valence-electron chi connectivity index (χ1n) is 5.70. The summed E-state index contributed by atoms with van der Waals surface area (Å²) in [5.41, 5.74) is 4.31. The molecule has 1 aromatic rings. The molecule has 0 saturated carbocycles. The third kappa shape index (κ3) is 2.38. The third-order valence-electron chi connectivity index (χ3n) is 3.02. The van der Waals surface area contributed by atoms with E-state index < -0.39 is 0 Å². The summed E-state index contributed by atoms with van der Waals surface area (Å²) in [6.45, 7) is 4.51. The minimum absolute atomic E-state index is 0.531. The highest BCUT2D eigenvalue weighted by Gasteiger charge is 2.07. The number of benzene rings is 1. The van der Waals surface area contributed by atoms with Crippen molar-refractivity contribution in [3.63, 3.8) is 0 Å². The Labute approximate surface area is 92.3 Å². The number of rotatable bonds is 0. The van der Waals surface area contributed by atoms with E-state index >= 15 is 0 Å². The van der Waals surface area contributed by atoms with Crippen LogP contribution in [0.5, 0.6) is 0 Å². The summed E-state index contributed by atoms with van der Waals surface area (Å²) in [6.07, 6.45) is 9.29. The molecule has 0 spiro atoms. The summed E-state index contributed by atoms with van der Waals surface area (Å²) in [7, 11) is 0. The first-order chi connectivity index (χ1) is 7.27. The fourth-order valence-corrected chi connectivity index (χ4v) is 2.20. The molecule has 0 radical (unpaired) electrons. The van der Waals surface area contributed by atoms with E-state index in [0.29, 0.717) is 5.92 Å². The Morgan fingerprint density at radius 1 is 1.20 bits per heavy atom. The lowest BCUT2D eigenvalue weighted by Crippen LogP contribution is -1.93. The maximum absolute atomic E-state index is 2.39. The van der Waals surface area contributed by atoms with Crippen LogP contribution < -0.4 is 0 Å². The molecule has 0 bridgehead atoms. The number of allylic oxidation sites excluding steroid dienone is 3. The lowest BCUT2D eigenvalue weighted by molar-refractivity contribution is 0.911. The molecule has 1 atom stereocenters. The Balaban J connectivity index is 2.47. The highest BCUT2D eigenvalue weighted by molar-refractivity contribution is 5.55. The highest BCUT2D eigenvalue weighted by atomic mass is 14.1. The summed E-state index contributed by atoms with van der Waals surface area (Å²) >= 11 is 0. The van der Waals surface area contributed by atoms with Crippen LogP contribution in [0.4, 0.5) is 0 Å². The summed E-state index contributed by atoms with van der Waals surface area (Å²) < 4.78 is 0. The first kappa shape index (κ1) is 10.2. The topological polar surface area (TPSA) is 0 Å². The predicted octanol–water partition coefficient (Wildman–Crippen LogP) is 4.54. The van der Waals surface area contributed by atoms with E-state index in [1.54, 1.807) is 0 Å². The smallest absolute Gasteiger partial charge is 0.000193 e. The Morgan fingerprint density at radius 3 is 2.87 bits per heavy atom. The molecule has 0 amide bonds. The molecule has 15 heavy (non-hydrogen) atoms. The van der Waals surface area contributed by atoms with Gasteiger partial charge in [-0.05, 0) is 36.8 Å². The fourth-order valence-electron chi connectivity index (χ4n) is 2.20. The van der Waals surface area contributed by atoms with Gasteiger partial charge in [0.1, 0.15) is 0 Å². The number of hydrogen-bond donors (Lipinski definition) is 0. The maximum atomic E-state index is 2.39. The van der Waals surface area contributed by atoms with Crippen molar-refractivity contribution < 1.29 is 0 Å². The van der Waals surface area contributed by atoms with Gasteiger partial charge in [-0.1, -0.05) is 55.0 Å². The van der Waals surface area contributed by atoms with Crippen molar-refractivity contribution in [1.29, 1.82) is 0 Å². The standard InChI is InChI=1S/C15H18/c1-12-7-3-4-8-14-9-5-6-10-15(14)13(2)11-12/h4-6,8-11,13H,3,7H2,1-2H3/b8-4+,12-11+. The van der Waals surface area contributed by atoms with Crippen LogP contribution in [0.15, 0.2) is 42.0 Å². The van der Waals surface area contributed by atoms with Crippen LogP contribution in [0.1, 0.15) is 43.7 Å². The van der Waals surface area contributed by atoms with Crippen molar-refractivity contribution in [2.24, 2.45) is 0 Å². The second-order valence-corrected chi connectivity index (χ2v) is 4.37. The van der Waals surface area contributed by atoms with Gasteiger partial charge in [-0.25, -0.2) is 0 Å². The lowest BCUT2D eigenvalue weighted by atomic mass is 9.94. The number of hydrogen-bond acceptors (Lipinski definition) is 0. The van der Waals surface area contributed by atoms with E-state index in [1.807, 2.05) is 0 Å². The van der Waals surface area contributed by atoms with Crippen LogP contribution in [0.25, 0.3) is 6.08 Å². The van der Waals surface area contributed by atoms with Crippen LogP contribution >= 0.6 is 0 Å². The molecule has 0 aliphatic heterocycles. The summed E-state index contributed by atoms with van der Waals surface area (Å²) in [5, 5.41) is 0. The van der Waals surface area contributed by atoms with Gasteiger partial charge in [0.25, 0.3) is 0 Å². The quantitative estimate of drug-likeness (QED) is 0.537. The van der Waals surface area contributed by atoms with Gasteiger partial charge >= 0.3 is 0 Å². The average molecular weight is 198 g/mol. The second-order valence-electron chi connectivity index (χ2n) is 4.37. The van der Waals surface area contributed by atoms with Gasteiger partial charge < -0.3 is 0 Å². The minimum atomic E-state index is 0.531. The summed E-state index contributed by atoms with van der Waals surface area (Å²) in [4.78, 5) is 0. The van der Waals surface area contributed by atoms with Gasteiger partial charge in [-0.2, -0.15) is 0 Å². The zero-order chi connectivity index (χ0) is 10.7. The van der Waals surface area contributed by atoms with E-state index in [9.17, 15) is 0 Å². The van der Waals surface area contributed by atoms with Crippen LogP contribution in [-0.2, 0) is 0 Å². The van der Waals surface area contributed by atoms with Gasteiger partial charge in [0.05, 0.1) is 0 Å². The van der Waals surface area contributed by atoms with Crippen LogP contribution in [0, 0.1) is 0 Å². The highest BCUT2D eigenvalue weighted by Crippen LogP contribution is 2.26. The first-order valence-corrected chi connectivity index (χ1v) is 5.70. The molecule has 0 saturated heterocycles. The van der Waals surface area contributed by atoms with Crippen molar-refractivity contribution in [3.05, 3.63) is 53.1 Å². The molecule has 0 heteroatoms. The average Bonchev–Trinajstić information content (AvgIpc) is 2.30. The maximum Gasteiger partial charge on any atom is -0.000193 e. The number of fused-ring (bicyclic) bond motifs is 1. The van der Waals surface area contributed by atoms with E-state index in [0.717, 1.165) is 6.42 Å². The van der Waals surface area contributed by atoms with E-state index in [4.69, 9.17) is 0 Å². The Bertz CT molecular complexity index is 396. The van der Waals surface area contributed by atoms with Crippen LogP contribution in [0.3, 0.4) is 0 Å². The summed E-state index contributed by atoms with van der Waals surface area (Å²) in [5.74, 6) is 0.531. The Hall–Kier alpha value is -1.30. The normalized spacial score (nSPS) is 26.5. The van der Waals surface area contributed by atoms with Gasteiger partial charge in [-0.15, -0.1) is 0 Å².